The highest BCUT2D eigenvalue weighted by Gasteiger charge is 2.14. The third-order valence-electron chi connectivity index (χ3n) is 3.81. The molecule has 0 bridgehead atoms. The predicted molar refractivity (Wildman–Crippen MR) is 92.3 cm³/mol. The first-order chi connectivity index (χ1) is 11.7. The zero-order valence-corrected chi connectivity index (χ0v) is 13.6. The molecule has 0 aliphatic carbocycles. The van der Waals surface area contributed by atoms with Gasteiger partial charge >= 0.3 is 0 Å². The van der Waals surface area contributed by atoms with Crippen molar-refractivity contribution in [2.24, 2.45) is 0 Å². The number of aromatic amines is 1. The first-order valence-electron chi connectivity index (χ1n) is 7.76. The molecule has 3 rings (SSSR count). The Hall–Kier alpha value is -2.82. The van der Waals surface area contributed by atoms with Crippen molar-refractivity contribution >= 4 is 10.9 Å². The summed E-state index contributed by atoms with van der Waals surface area (Å²) in [5.41, 5.74) is 1.48. The quantitative estimate of drug-likeness (QED) is 0.766. The Morgan fingerprint density at radius 2 is 1.88 bits per heavy atom. The van der Waals surface area contributed by atoms with E-state index in [2.05, 4.69) is 4.98 Å². The van der Waals surface area contributed by atoms with Crippen molar-refractivity contribution in [1.82, 2.24) is 4.98 Å². The van der Waals surface area contributed by atoms with E-state index in [9.17, 15) is 9.18 Å². The van der Waals surface area contributed by atoms with Crippen LogP contribution in [0.5, 0.6) is 11.5 Å². The summed E-state index contributed by atoms with van der Waals surface area (Å²) in [6, 6.07) is 9.95. The monoisotopic (exact) mass is 327 g/mol. The number of rotatable bonds is 5. The molecule has 124 valence electrons. The number of benzene rings is 2. The third-order valence-corrected chi connectivity index (χ3v) is 3.81. The number of nitrogens with one attached hydrogen (secondary N) is 1. The van der Waals surface area contributed by atoms with Crippen molar-refractivity contribution in [2.45, 2.75) is 13.3 Å². The molecule has 5 heteroatoms. The minimum absolute atomic E-state index is 0.0905. The lowest BCUT2D eigenvalue weighted by Crippen LogP contribution is -2.08. The highest BCUT2D eigenvalue weighted by molar-refractivity contribution is 5.88. The fourth-order valence-electron chi connectivity index (χ4n) is 2.57. The van der Waals surface area contributed by atoms with Gasteiger partial charge in [-0.15, -0.1) is 0 Å². The number of pyridine rings is 1. The van der Waals surface area contributed by atoms with Crippen molar-refractivity contribution in [3.8, 4) is 22.6 Å². The summed E-state index contributed by atoms with van der Waals surface area (Å²) in [5.74, 6) is 0.324. The molecule has 1 aromatic heterocycles. The second-order valence-corrected chi connectivity index (χ2v) is 5.41. The lowest BCUT2D eigenvalue weighted by atomic mass is 10.0. The van der Waals surface area contributed by atoms with E-state index in [1.165, 1.54) is 12.1 Å². The van der Waals surface area contributed by atoms with Crippen LogP contribution in [-0.4, -0.2) is 18.7 Å². The molecule has 0 aliphatic heterocycles. The normalized spacial score (nSPS) is 10.8. The van der Waals surface area contributed by atoms with Gasteiger partial charge in [-0.3, -0.25) is 4.79 Å². The van der Waals surface area contributed by atoms with E-state index in [0.29, 0.717) is 28.8 Å². The summed E-state index contributed by atoms with van der Waals surface area (Å²) < 4.78 is 24.6. The number of ether oxygens (including phenoxy) is 2. The lowest BCUT2D eigenvalue weighted by Gasteiger charge is -2.11. The average molecular weight is 327 g/mol. The summed E-state index contributed by atoms with van der Waals surface area (Å²) in [6.45, 7) is 2.33. The first-order valence-corrected chi connectivity index (χ1v) is 7.76. The average Bonchev–Trinajstić information content (AvgIpc) is 2.61. The molecule has 0 saturated heterocycles. The molecule has 3 aromatic rings. The van der Waals surface area contributed by atoms with Crippen LogP contribution in [-0.2, 0) is 0 Å². The van der Waals surface area contributed by atoms with Gasteiger partial charge in [0.15, 0.2) is 17.0 Å². The molecule has 4 nitrogen and oxygen atoms in total. The summed E-state index contributed by atoms with van der Waals surface area (Å²) >= 11 is 0. The lowest BCUT2D eigenvalue weighted by molar-refractivity contribution is 0.305. The van der Waals surface area contributed by atoms with Gasteiger partial charge in [-0.05, 0) is 36.2 Å². The Bertz CT molecular complexity index is 916. The van der Waals surface area contributed by atoms with Crippen molar-refractivity contribution in [1.29, 1.82) is 0 Å². The van der Waals surface area contributed by atoms with E-state index in [1.807, 2.05) is 19.1 Å². The van der Waals surface area contributed by atoms with Gasteiger partial charge in [0.25, 0.3) is 0 Å². The topological polar surface area (TPSA) is 51.3 Å². The summed E-state index contributed by atoms with van der Waals surface area (Å²) in [6.07, 6.45) is 2.34. The van der Waals surface area contributed by atoms with E-state index in [-0.39, 0.29) is 11.2 Å². The van der Waals surface area contributed by atoms with Gasteiger partial charge in [0.1, 0.15) is 5.75 Å². The number of hydrogen-bond donors (Lipinski definition) is 1. The molecule has 0 radical (unpaired) electrons. The smallest absolute Gasteiger partial charge is 0.197 e. The Kier molecular flexibility index (Phi) is 4.51. The van der Waals surface area contributed by atoms with Gasteiger partial charge in [-0.2, -0.15) is 0 Å². The fraction of sp³-hybridized carbons (Fsp3) is 0.211. The highest BCUT2D eigenvalue weighted by Crippen LogP contribution is 2.28. The molecule has 24 heavy (non-hydrogen) atoms. The van der Waals surface area contributed by atoms with Crippen molar-refractivity contribution < 1.29 is 13.9 Å². The first kappa shape index (κ1) is 16.1. The number of methoxy groups -OCH3 is 1. The maximum Gasteiger partial charge on any atom is 0.197 e. The van der Waals surface area contributed by atoms with Crippen LogP contribution in [0.2, 0.25) is 0 Å². The molecule has 0 unspecified atom stereocenters. The van der Waals surface area contributed by atoms with Crippen LogP contribution in [0.4, 0.5) is 4.39 Å². The van der Waals surface area contributed by atoms with Crippen LogP contribution in [0, 0.1) is 5.82 Å². The number of halogens is 1. The maximum atomic E-state index is 14.0. The minimum atomic E-state index is -0.483. The van der Waals surface area contributed by atoms with Gasteiger partial charge < -0.3 is 14.5 Å². The third kappa shape index (κ3) is 2.85. The minimum Gasteiger partial charge on any atom is -0.497 e. The molecule has 1 heterocycles. The number of hydrogen-bond acceptors (Lipinski definition) is 3. The van der Waals surface area contributed by atoms with Crippen molar-refractivity contribution in [3.63, 3.8) is 0 Å². The molecule has 0 saturated carbocycles. The second kappa shape index (κ2) is 6.74. The van der Waals surface area contributed by atoms with Crippen LogP contribution in [0.15, 0.2) is 47.4 Å². The Labute approximate surface area is 138 Å². The van der Waals surface area contributed by atoms with Gasteiger partial charge in [0.05, 0.1) is 24.6 Å². The molecule has 1 N–H and O–H groups in total. The SMILES string of the molecule is CCCOc1c(F)ccc2c(=O)c(-c3ccc(OC)cc3)c[nH]c12. The van der Waals surface area contributed by atoms with E-state index in [4.69, 9.17) is 9.47 Å². The van der Waals surface area contributed by atoms with Gasteiger partial charge in [-0.1, -0.05) is 19.1 Å². The van der Waals surface area contributed by atoms with E-state index >= 15 is 0 Å². The highest BCUT2D eigenvalue weighted by atomic mass is 19.1. The van der Waals surface area contributed by atoms with E-state index in [0.717, 1.165) is 12.0 Å². The predicted octanol–water partition coefficient (Wildman–Crippen LogP) is 4.13. The summed E-state index contributed by atoms with van der Waals surface area (Å²) in [5, 5.41) is 0.399. The Morgan fingerprint density at radius 1 is 1.12 bits per heavy atom. The van der Waals surface area contributed by atoms with Crippen LogP contribution < -0.4 is 14.9 Å². The second-order valence-electron chi connectivity index (χ2n) is 5.41. The fourth-order valence-corrected chi connectivity index (χ4v) is 2.57. The standard InChI is InChI=1S/C19H18FNO3/c1-3-10-24-19-16(20)9-8-14-17(19)21-11-15(18(14)22)12-4-6-13(23-2)7-5-12/h4-9,11H,3,10H2,1-2H3,(H,21,22). The molecular weight excluding hydrogens is 309 g/mol. The summed E-state index contributed by atoms with van der Waals surface area (Å²) in [7, 11) is 1.59. The Balaban J connectivity index is 2.14. The molecular formula is C19H18FNO3. The molecule has 0 atom stereocenters. The molecule has 2 aromatic carbocycles. The van der Waals surface area contributed by atoms with Crippen LogP contribution in [0.3, 0.4) is 0 Å². The number of H-pyrrole nitrogens is 1. The summed E-state index contributed by atoms with van der Waals surface area (Å²) in [4.78, 5) is 15.8. The van der Waals surface area contributed by atoms with Crippen LogP contribution in [0.1, 0.15) is 13.3 Å². The van der Waals surface area contributed by atoms with E-state index < -0.39 is 5.82 Å². The van der Waals surface area contributed by atoms with Crippen LogP contribution >= 0.6 is 0 Å². The largest absolute Gasteiger partial charge is 0.497 e. The van der Waals surface area contributed by atoms with Gasteiger partial charge in [-0.25, -0.2) is 4.39 Å². The molecule has 0 aliphatic rings. The van der Waals surface area contributed by atoms with Crippen LogP contribution in [0.25, 0.3) is 22.0 Å². The van der Waals surface area contributed by atoms with Crippen molar-refractivity contribution in [2.75, 3.05) is 13.7 Å². The molecule has 0 amide bonds. The zero-order valence-electron chi connectivity index (χ0n) is 13.6. The van der Waals surface area contributed by atoms with Gasteiger partial charge in [0.2, 0.25) is 0 Å². The Morgan fingerprint density at radius 3 is 2.54 bits per heavy atom. The van der Waals surface area contributed by atoms with Crippen molar-refractivity contribution in [3.05, 3.63) is 58.6 Å². The van der Waals surface area contributed by atoms with Gasteiger partial charge in [0, 0.05) is 11.8 Å². The number of aromatic nitrogens is 1. The maximum absolute atomic E-state index is 14.0. The zero-order chi connectivity index (χ0) is 17.1. The number of fused-ring (bicyclic) bond motifs is 1. The molecule has 0 spiro atoms. The van der Waals surface area contributed by atoms with E-state index in [1.54, 1.807) is 25.4 Å². The molecule has 0 fully saturated rings.